The summed E-state index contributed by atoms with van der Waals surface area (Å²) in [4.78, 5) is 15.6. The van der Waals surface area contributed by atoms with Gasteiger partial charge in [-0.3, -0.25) is 0 Å². The summed E-state index contributed by atoms with van der Waals surface area (Å²) in [5.41, 5.74) is 2.68. The van der Waals surface area contributed by atoms with Gasteiger partial charge in [0.15, 0.2) is 0 Å². The molecule has 0 spiro atoms. The molecule has 3 rings (SSSR count). The predicted octanol–water partition coefficient (Wildman–Crippen LogP) is 2.73. The van der Waals surface area contributed by atoms with E-state index in [1.54, 1.807) is 13.0 Å². The van der Waals surface area contributed by atoms with Crippen LogP contribution in [0, 0.1) is 6.92 Å². The van der Waals surface area contributed by atoms with Gasteiger partial charge in [0.2, 0.25) is 0 Å². The summed E-state index contributed by atoms with van der Waals surface area (Å²) in [7, 11) is 1.94. The number of fused-ring (bicyclic) bond motifs is 3. The molecule has 1 N–H and O–H groups in total. The first-order valence-electron chi connectivity index (χ1n) is 5.67. The molecule has 0 aliphatic rings. The van der Waals surface area contributed by atoms with E-state index in [-0.39, 0.29) is 5.56 Å². The molecule has 0 aliphatic heterocycles. The zero-order valence-electron chi connectivity index (χ0n) is 10.1. The predicted molar refractivity (Wildman–Crippen MR) is 69.9 cm³/mol. The summed E-state index contributed by atoms with van der Waals surface area (Å²) >= 11 is 0. The van der Waals surface area contributed by atoms with Crippen LogP contribution in [0.4, 0.5) is 0 Å². The molecule has 0 amide bonds. The molecule has 0 aliphatic carbocycles. The van der Waals surface area contributed by atoms with Crippen LogP contribution < -0.4 is 0 Å². The fraction of sp³-hybridized carbons (Fsp3) is 0.143. The Morgan fingerprint density at radius 1 is 1.28 bits per heavy atom. The highest BCUT2D eigenvalue weighted by Crippen LogP contribution is 2.28. The number of para-hydroxylation sites is 1. The first kappa shape index (κ1) is 10.8. The van der Waals surface area contributed by atoms with E-state index in [1.165, 1.54) is 0 Å². The number of aromatic carboxylic acids is 1. The Hall–Kier alpha value is -2.36. The third kappa shape index (κ3) is 1.32. The lowest BCUT2D eigenvalue weighted by atomic mass is 10.1. The van der Waals surface area contributed by atoms with Crippen LogP contribution in [0.1, 0.15) is 16.1 Å². The second-order valence-electron chi connectivity index (χ2n) is 4.37. The van der Waals surface area contributed by atoms with E-state index < -0.39 is 5.97 Å². The maximum Gasteiger partial charge on any atom is 0.337 e. The van der Waals surface area contributed by atoms with E-state index in [9.17, 15) is 4.79 Å². The molecule has 0 radical (unpaired) electrons. The number of nitrogens with zero attached hydrogens (tertiary/aromatic N) is 2. The smallest absolute Gasteiger partial charge is 0.337 e. The number of aromatic nitrogens is 2. The Morgan fingerprint density at radius 2 is 2.00 bits per heavy atom. The van der Waals surface area contributed by atoms with Crippen molar-refractivity contribution in [3.05, 3.63) is 41.6 Å². The highest BCUT2D eigenvalue weighted by molar-refractivity contribution is 6.08. The van der Waals surface area contributed by atoms with Crippen molar-refractivity contribution in [3.8, 4) is 0 Å². The fourth-order valence-corrected chi connectivity index (χ4v) is 2.37. The second-order valence-corrected chi connectivity index (χ2v) is 4.37. The summed E-state index contributed by atoms with van der Waals surface area (Å²) in [5.74, 6) is -0.935. The third-order valence-electron chi connectivity index (χ3n) is 3.30. The largest absolute Gasteiger partial charge is 0.478 e. The summed E-state index contributed by atoms with van der Waals surface area (Å²) < 4.78 is 1.99. The van der Waals surface area contributed by atoms with Crippen LogP contribution in [0.5, 0.6) is 0 Å². The molecule has 0 saturated heterocycles. The Labute approximate surface area is 103 Å². The molecule has 4 nitrogen and oxygen atoms in total. The summed E-state index contributed by atoms with van der Waals surface area (Å²) in [6.45, 7) is 1.72. The van der Waals surface area contributed by atoms with Crippen molar-refractivity contribution in [3.63, 3.8) is 0 Å². The van der Waals surface area contributed by atoms with Gasteiger partial charge in [0.25, 0.3) is 0 Å². The lowest BCUT2D eigenvalue weighted by Crippen LogP contribution is -2.02. The SMILES string of the molecule is Cc1nc2c(cc1C(=O)O)c1ccccc1n2C. The maximum absolute atomic E-state index is 11.2. The number of carboxylic acid groups (broad SMARTS) is 1. The highest BCUT2D eigenvalue weighted by atomic mass is 16.4. The molecule has 0 bridgehead atoms. The zero-order valence-corrected chi connectivity index (χ0v) is 10.1. The van der Waals surface area contributed by atoms with Gasteiger partial charge in [0.1, 0.15) is 5.65 Å². The van der Waals surface area contributed by atoms with Gasteiger partial charge in [0, 0.05) is 17.8 Å². The normalized spacial score (nSPS) is 11.2. The van der Waals surface area contributed by atoms with Gasteiger partial charge in [-0.2, -0.15) is 0 Å². The van der Waals surface area contributed by atoms with Crippen molar-refractivity contribution in [2.24, 2.45) is 7.05 Å². The van der Waals surface area contributed by atoms with E-state index >= 15 is 0 Å². The van der Waals surface area contributed by atoms with Gasteiger partial charge >= 0.3 is 5.97 Å². The Kier molecular flexibility index (Phi) is 2.13. The molecule has 3 aromatic rings. The van der Waals surface area contributed by atoms with Gasteiger partial charge in [-0.15, -0.1) is 0 Å². The van der Waals surface area contributed by atoms with Gasteiger partial charge < -0.3 is 9.67 Å². The van der Waals surface area contributed by atoms with E-state index in [2.05, 4.69) is 4.98 Å². The first-order valence-corrected chi connectivity index (χ1v) is 5.67. The molecule has 0 unspecified atom stereocenters. The van der Waals surface area contributed by atoms with Crippen molar-refractivity contribution in [2.75, 3.05) is 0 Å². The van der Waals surface area contributed by atoms with Crippen molar-refractivity contribution in [1.82, 2.24) is 9.55 Å². The number of pyridine rings is 1. The maximum atomic E-state index is 11.2. The quantitative estimate of drug-likeness (QED) is 0.711. The van der Waals surface area contributed by atoms with Gasteiger partial charge in [-0.25, -0.2) is 9.78 Å². The molecular formula is C14H12N2O2. The number of rotatable bonds is 1. The minimum atomic E-state index is -0.935. The number of carboxylic acids is 1. The minimum absolute atomic E-state index is 0.263. The second kappa shape index (κ2) is 3.57. The van der Waals surface area contributed by atoms with Gasteiger partial charge in [0.05, 0.1) is 16.8 Å². The average molecular weight is 240 g/mol. The van der Waals surface area contributed by atoms with Crippen LogP contribution >= 0.6 is 0 Å². The van der Waals surface area contributed by atoms with Crippen molar-refractivity contribution < 1.29 is 9.90 Å². The molecule has 0 fully saturated rings. The Morgan fingerprint density at radius 3 is 2.72 bits per heavy atom. The molecule has 2 aromatic heterocycles. The van der Waals surface area contributed by atoms with Crippen molar-refractivity contribution >= 4 is 27.9 Å². The standard InChI is InChI=1S/C14H12N2O2/c1-8-10(14(17)18)7-11-9-5-3-4-6-12(9)16(2)13(11)15-8/h3-7H,1-2H3,(H,17,18). The number of hydrogen-bond donors (Lipinski definition) is 1. The Balaban J connectivity index is 2.54. The highest BCUT2D eigenvalue weighted by Gasteiger charge is 2.14. The van der Waals surface area contributed by atoms with E-state index in [0.717, 1.165) is 21.9 Å². The fourth-order valence-electron chi connectivity index (χ4n) is 2.37. The molecule has 18 heavy (non-hydrogen) atoms. The molecule has 1 aromatic carbocycles. The molecule has 2 heterocycles. The van der Waals surface area contributed by atoms with Crippen LogP contribution in [-0.4, -0.2) is 20.6 Å². The van der Waals surface area contributed by atoms with Crippen molar-refractivity contribution in [1.29, 1.82) is 0 Å². The van der Waals surface area contributed by atoms with Crippen LogP contribution in [0.2, 0.25) is 0 Å². The van der Waals surface area contributed by atoms with Crippen LogP contribution in [-0.2, 0) is 7.05 Å². The summed E-state index contributed by atoms with van der Waals surface area (Å²) in [5, 5.41) is 11.1. The minimum Gasteiger partial charge on any atom is -0.478 e. The lowest BCUT2D eigenvalue weighted by molar-refractivity contribution is 0.0696. The molecule has 0 saturated carbocycles. The molecule has 0 atom stereocenters. The molecule has 90 valence electrons. The third-order valence-corrected chi connectivity index (χ3v) is 3.30. The van der Waals surface area contributed by atoms with Crippen molar-refractivity contribution in [2.45, 2.75) is 6.92 Å². The number of aryl methyl sites for hydroxylation is 2. The van der Waals surface area contributed by atoms with E-state index in [1.807, 2.05) is 35.9 Å². The summed E-state index contributed by atoms with van der Waals surface area (Å²) in [6, 6.07) is 9.61. The van der Waals surface area contributed by atoms with Crippen LogP contribution in [0.25, 0.3) is 21.9 Å². The zero-order chi connectivity index (χ0) is 12.9. The van der Waals surface area contributed by atoms with E-state index in [4.69, 9.17) is 5.11 Å². The van der Waals surface area contributed by atoms with Crippen LogP contribution in [0.15, 0.2) is 30.3 Å². The monoisotopic (exact) mass is 240 g/mol. The molecule has 4 heteroatoms. The van der Waals surface area contributed by atoms with Gasteiger partial charge in [-0.05, 0) is 19.1 Å². The average Bonchev–Trinajstić information content (AvgIpc) is 2.62. The van der Waals surface area contributed by atoms with Gasteiger partial charge in [-0.1, -0.05) is 18.2 Å². The van der Waals surface area contributed by atoms with Crippen LogP contribution in [0.3, 0.4) is 0 Å². The lowest BCUT2D eigenvalue weighted by Gasteiger charge is -2.01. The number of hydrogen-bond acceptors (Lipinski definition) is 2. The van der Waals surface area contributed by atoms with E-state index in [0.29, 0.717) is 5.69 Å². The number of benzene rings is 1. The number of carbonyl (C=O) groups is 1. The first-order chi connectivity index (χ1) is 8.59. The molecular weight excluding hydrogens is 228 g/mol. The summed E-state index contributed by atoms with van der Waals surface area (Å²) in [6.07, 6.45) is 0. The topological polar surface area (TPSA) is 55.1 Å². The Bertz CT molecular complexity index is 787.